The summed E-state index contributed by atoms with van der Waals surface area (Å²) in [7, 11) is 0. The summed E-state index contributed by atoms with van der Waals surface area (Å²) < 4.78 is 0. The number of benzene rings is 1. The normalized spacial score (nSPS) is 14.7. The van der Waals surface area contributed by atoms with E-state index in [1.54, 1.807) is 0 Å². The first-order valence-electron chi connectivity index (χ1n) is 4.90. The van der Waals surface area contributed by atoms with Gasteiger partial charge in [0.1, 0.15) is 0 Å². The third-order valence-electron chi connectivity index (χ3n) is 2.39. The van der Waals surface area contributed by atoms with E-state index in [2.05, 4.69) is 0 Å². The highest BCUT2D eigenvalue weighted by molar-refractivity contribution is 6.33. The van der Waals surface area contributed by atoms with Gasteiger partial charge < -0.3 is 5.11 Å². The van der Waals surface area contributed by atoms with Crippen molar-refractivity contribution in [2.75, 3.05) is 0 Å². The van der Waals surface area contributed by atoms with Gasteiger partial charge in [0.05, 0.1) is 5.56 Å². The van der Waals surface area contributed by atoms with Crippen molar-refractivity contribution in [3.05, 3.63) is 53.6 Å². The first-order valence-corrected chi connectivity index (χ1v) is 4.90. The molecule has 0 bridgehead atoms. The second-order valence-corrected chi connectivity index (χ2v) is 3.54. The highest BCUT2D eigenvalue weighted by atomic mass is 16.4. The Labute approximate surface area is 96.9 Å². The van der Waals surface area contributed by atoms with E-state index in [1.807, 2.05) is 0 Å². The van der Waals surface area contributed by atoms with Crippen molar-refractivity contribution >= 4 is 23.1 Å². The molecule has 0 heterocycles. The van der Waals surface area contributed by atoms with Crippen LogP contribution in [-0.2, 0) is 9.59 Å². The molecule has 0 aromatic heterocycles. The van der Waals surface area contributed by atoms with Gasteiger partial charge in [-0.1, -0.05) is 12.1 Å². The van der Waals surface area contributed by atoms with Gasteiger partial charge in [0.15, 0.2) is 11.6 Å². The maximum Gasteiger partial charge on any atom is 0.335 e. The molecule has 84 valence electrons. The zero-order chi connectivity index (χ0) is 12.4. The number of carbonyl (C=O) groups is 3. The number of carboxylic acid groups (broad SMARTS) is 1. The van der Waals surface area contributed by atoms with Crippen LogP contribution in [0, 0.1) is 0 Å². The van der Waals surface area contributed by atoms with Gasteiger partial charge >= 0.3 is 5.97 Å². The Kier molecular flexibility index (Phi) is 2.70. The summed E-state index contributed by atoms with van der Waals surface area (Å²) in [6.07, 6.45) is 3.67. The van der Waals surface area contributed by atoms with E-state index in [-0.39, 0.29) is 22.7 Å². The molecule has 4 nitrogen and oxygen atoms in total. The third-order valence-corrected chi connectivity index (χ3v) is 2.39. The summed E-state index contributed by atoms with van der Waals surface area (Å²) >= 11 is 0. The van der Waals surface area contributed by atoms with Gasteiger partial charge in [0.2, 0.25) is 0 Å². The van der Waals surface area contributed by atoms with Gasteiger partial charge in [-0.15, -0.1) is 0 Å². The number of hydrogen-bond donors (Lipinski definition) is 1. The number of carbonyl (C=O) groups excluding carboxylic acids is 2. The number of carboxylic acids is 1. The average molecular weight is 228 g/mol. The lowest BCUT2D eigenvalue weighted by atomic mass is 9.96. The minimum atomic E-state index is -1.03. The van der Waals surface area contributed by atoms with Gasteiger partial charge in [-0.2, -0.15) is 0 Å². The molecule has 4 heteroatoms. The van der Waals surface area contributed by atoms with Crippen molar-refractivity contribution in [2.24, 2.45) is 0 Å². The predicted molar refractivity (Wildman–Crippen MR) is 60.5 cm³/mol. The molecule has 1 N–H and O–H groups in total. The topological polar surface area (TPSA) is 71.4 Å². The quantitative estimate of drug-likeness (QED) is 0.778. The lowest BCUT2D eigenvalue weighted by Gasteiger charge is -2.07. The van der Waals surface area contributed by atoms with Crippen LogP contribution < -0.4 is 0 Å². The molecule has 0 aliphatic heterocycles. The van der Waals surface area contributed by atoms with E-state index in [4.69, 9.17) is 5.11 Å². The Morgan fingerprint density at radius 1 is 1.00 bits per heavy atom. The first-order chi connectivity index (χ1) is 8.08. The van der Waals surface area contributed by atoms with Crippen LogP contribution in [0.25, 0.3) is 5.57 Å². The number of hydrogen-bond acceptors (Lipinski definition) is 3. The minimum absolute atomic E-state index is 0.138. The van der Waals surface area contributed by atoms with E-state index in [9.17, 15) is 14.4 Å². The molecule has 17 heavy (non-hydrogen) atoms. The molecule has 0 saturated carbocycles. The Morgan fingerprint density at radius 2 is 1.65 bits per heavy atom. The van der Waals surface area contributed by atoms with Crippen LogP contribution in [0.3, 0.4) is 0 Å². The summed E-state index contributed by atoms with van der Waals surface area (Å²) in [5, 5.41) is 8.73. The molecule has 0 amide bonds. The van der Waals surface area contributed by atoms with Crippen molar-refractivity contribution in [3.8, 4) is 0 Å². The van der Waals surface area contributed by atoms with E-state index in [0.29, 0.717) is 5.56 Å². The Hall–Kier alpha value is -2.49. The van der Waals surface area contributed by atoms with Gasteiger partial charge in [-0.25, -0.2) is 4.79 Å². The summed E-state index contributed by atoms with van der Waals surface area (Å²) in [5.41, 5.74) is 0.964. The van der Waals surface area contributed by atoms with E-state index >= 15 is 0 Å². The van der Waals surface area contributed by atoms with Crippen LogP contribution in [0.5, 0.6) is 0 Å². The summed E-state index contributed by atoms with van der Waals surface area (Å²) in [4.78, 5) is 33.4. The second-order valence-electron chi connectivity index (χ2n) is 3.54. The predicted octanol–water partition coefficient (Wildman–Crippen LogP) is 1.48. The maximum absolute atomic E-state index is 11.5. The summed E-state index contributed by atoms with van der Waals surface area (Å²) in [6, 6.07) is 5.82. The number of aromatic carboxylic acids is 1. The monoisotopic (exact) mass is 228 g/mol. The van der Waals surface area contributed by atoms with Crippen LogP contribution in [0.4, 0.5) is 0 Å². The van der Waals surface area contributed by atoms with Crippen LogP contribution in [0.15, 0.2) is 42.5 Å². The molecular formula is C13H8O4. The van der Waals surface area contributed by atoms with Crippen molar-refractivity contribution in [1.29, 1.82) is 0 Å². The lowest BCUT2D eigenvalue weighted by Crippen LogP contribution is -2.07. The fourth-order valence-electron chi connectivity index (χ4n) is 1.53. The highest BCUT2D eigenvalue weighted by Crippen LogP contribution is 2.19. The first kappa shape index (κ1) is 11.0. The van der Waals surface area contributed by atoms with Gasteiger partial charge in [0, 0.05) is 5.57 Å². The zero-order valence-electron chi connectivity index (χ0n) is 8.71. The molecule has 0 atom stereocenters. The van der Waals surface area contributed by atoms with E-state index in [1.165, 1.54) is 42.5 Å². The largest absolute Gasteiger partial charge is 0.478 e. The summed E-state index contributed by atoms with van der Waals surface area (Å²) in [5.74, 6) is -1.54. The van der Waals surface area contributed by atoms with Gasteiger partial charge in [-0.3, -0.25) is 9.59 Å². The fourth-order valence-corrected chi connectivity index (χ4v) is 1.53. The summed E-state index contributed by atoms with van der Waals surface area (Å²) in [6.45, 7) is 0. The van der Waals surface area contributed by atoms with Gasteiger partial charge in [0.25, 0.3) is 0 Å². The smallest absolute Gasteiger partial charge is 0.335 e. The molecule has 2 rings (SSSR count). The fraction of sp³-hybridized carbons (Fsp3) is 0. The molecule has 0 fully saturated rings. The maximum atomic E-state index is 11.5. The van der Waals surface area contributed by atoms with Crippen molar-refractivity contribution in [1.82, 2.24) is 0 Å². The second kappa shape index (κ2) is 4.17. The SMILES string of the molecule is O=C1C=CC(=O)C(c2ccc(C(=O)O)cc2)=C1. The average Bonchev–Trinajstić information content (AvgIpc) is 2.32. The van der Waals surface area contributed by atoms with Crippen molar-refractivity contribution in [2.45, 2.75) is 0 Å². The van der Waals surface area contributed by atoms with Crippen LogP contribution in [0.2, 0.25) is 0 Å². The molecule has 0 radical (unpaired) electrons. The molecule has 0 saturated heterocycles. The Bertz CT molecular complexity index is 562. The highest BCUT2D eigenvalue weighted by Gasteiger charge is 2.15. The van der Waals surface area contributed by atoms with Crippen molar-refractivity contribution < 1.29 is 19.5 Å². The number of allylic oxidation sites excluding steroid dienone is 4. The third kappa shape index (κ3) is 2.20. The molecule has 1 aromatic rings. The molecule has 1 aliphatic rings. The molecule has 0 spiro atoms. The van der Waals surface area contributed by atoms with Crippen LogP contribution in [0.1, 0.15) is 15.9 Å². The Morgan fingerprint density at radius 3 is 2.24 bits per heavy atom. The lowest BCUT2D eigenvalue weighted by molar-refractivity contribution is -0.113. The van der Waals surface area contributed by atoms with Gasteiger partial charge in [-0.05, 0) is 35.9 Å². The molecule has 0 unspecified atom stereocenters. The van der Waals surface area contributed by atoms with E-state index in [0.717, 1.165) is 0 Å². The van der Waals surface area contributed by atoms with Crippen molar-refractivity contribution in [3.63, 3.8) is 0 Å². The van der Waals surface area contributed by atoms with E-state index < -0.39 is 5.97 Å². The molecule has 1 aliphatic carbocycles. The zero-order valence-corrected chi connectivity index (χ0v) is 8.71. The Balaban J connectivity index is 2.38. The minimum Gasteiger partial charge on any atom is -0.478 e. The molecule has 1 aromatic carbocycles. The van der Waals surface area contributed by atoms with Crippen LogP contribution >= 0.6 is 0 Å². The standard InChI is InChI=1S/C13H8O4/c14-10-5-6-12(15)11(7-10)8-1-3-9(4-2-8)13(16)17/h1-7H,(H,16,17). The number of rotatable bonds is 2. The molecular weight excluding hydrogens is 220 g/mol. The number of ketones is 2. The van der Waals surface area contributed by atoms with Crippen LogP contribution in [-0.4, -0.2) is 22.6 Å².